The third-order valence-corrected chi connectivity index (χ3v) is 5.78. The molecule has 0 radical (unpaired) electrons. The molecule has 1 unspecified atom stereocenters. The van der Waals surface area contributed by atoms with Gasteiger partial charge in [-0.05, 0) is 49.4 Å². The lowest BCUT2D eigenvalue weighted by atomic mass is 10.2. The number of amides is 1. The van der Waals surface area contributed by atoms with E-state index in [-0.39, 0.29) is 0 Å². The minimum absolute atomic E-state index is 0.318. The number of anilines is 1. The molecule has 0 spiro atoms. The quantitative estimate of drug-likeness (QED) is 0.389. The van der Waals surface area contributed by atoms with Crippen molar-refractivity contribution in [3.8, 4) is 11.4 Å². The Bertz CT molecular complexity index is 1410. The summed E-state index contributed by atoms with van der Waals surface area (Å²) in [7, 11) is 0. The van der Waals surface area contributed by atoms with Crippen LogP contribution in [0, 0.1) is 0 Å². The first-order valence-electron chi connectivity index (χ1n) is 9.84. The zero-order valence-corrected chi connectivity index (χ0v) is 17.7. The van der Waals surface area contributed by atoms with Crippen molar-refractivity contribution >= 4 is 49.6 Å². The Morgan fingerprint density at radius 1 is 1.06 bits per heavy atom. The SMILES string of the molecule is CC(OC(=O)c1ccc2nc(-c3cccnc3)[nH]c2c1)C(=O)Nc1nc2ccccc2s1. The summed E-state index contributed by atoms with van der Waals surface area (Å²) in [4.78, 5) is 41.3. The number of carbonyl (C=O) groups excluding carboxylic acids is 2. The van der Waals surface area contributed by atoms with Gasteiger partial charge in [-0.15, -0.1) is 0 Å². The first-order valence-corrected chi connectivity index (χ1v) is 10.7. The first-order chi connectivity index (χ1) is 15.6. The molecule has 5 rings (SSSR count). The molecule has 32 heavy (non-hydrogen) atoms. The molecule has 0 fully saturated rings. The Labute approximate surface area is 186 Å². The van der Waals surface area contributed by atoms with Crippen molar-refractivity contribution in [1.29, 1.82) is 0 Å². The van der Waals surface area contributed by atoms with E-state index in [2.05, 4.69) is 25.3 Å². The van der Waals surface area contributed by atoms with Gasteiger partial charge < -0.3 is 9.72 Å². The number of H-pyrrole nitrogens is 1. The molecule has 1 amide bonds. The number of aromatic nitrogens is 4. The van der Waals surface area contributed by atoms with Crippen LogP contribution in [-0.4, -0.2) is 37.9 Å². The van der Waals surface area contributed by atoms with Gasteiger partial charge in [-0.1, -0.05) is 23.5 Å². The Balaban J connectivity index is 1.28. The summed E-state index contributed by atoms with van der Waals surface area (Å²) in [5.41, 5.74) is 3.36. The van der Waals surface area contributed by atoms with E-state index in [1.807, 2.05) is 36.4 Å². The minimum atomic E-state index is -0.988. The van der Waals surface area contributed by atoms with E-state index in [1.54, 1.807) is 30.6 Å². The Kier molecular flexibility index (Phi) is 5.08. The molecule has 3 aromatic heterocycles. The summed E-state index contributed by atoms with van der Waals surface area (Å²) in [5, 5.41) is 3.17. The Morgan fingerprint density at radius 3 is 2.75 bits per heavy atom. The lowest BCUT2D eigenvalue weighted by molar-refractivity contribution is -0.123. The summed E-state index contributed by atoms with van der Waals surface area (Å²) >= 11 is 1.36. The normalized spacial score (nSPS) is 12.0. The first kappa shape index (κ1) is 19.8. The number of nitrogens with zero attached hydrogens (tertiary/aromatic N) is 3. The fourth-order valence-corrected chi connectivity index (χ4v) is 4.06. The van der Waals surface area contributed by atoms with E-state index < -0.39 is 18.0 Å². The van der Waals surface area contributed by atoms with Gasteiger partial charge in [0, 0.05) is 18.0 Å². The highest BCUT2D eigenvalue weighted by molar-refractivity contribution is 7.22. The van der Waals surface area contributed by atoms with Gasteiger partial charge in [-0.25, -0.2) is 14.8 Å². The highest BCUT2D eigenvalue weighted by Crippen LogP contribution is 2.26. The topological polar surface area (TPSA) is 110 Å². The number of benzene rings is 2. The third kappa shape index (κ3) is 3.93. The van der Waals surface area contributed by atoms with Crippen molar-refractivity contribution in [3.63, 3.8) is 0 Å². The number of aromatic amines is 1. The molecule has 0 saturated carbocycles. The highest BCUT2D eigenvalue weighted by atomic mass is 32.1. The molecule has 0 aliphatic rings. The monoisotopic (exact) mass is 443 g/mol. The molecule has 3 heterocycles. The second kappa shape index (κ2) is 8.20. The van der Waals surface area contributed by atoms with Gasteiger partial charge in [0.25, 0.3) is 5.91 Å². The van der Waals surface area contributed by atoms with Crippen LogP contribution in [0.5, 0.6) is 0 Å². The molecular formula is C23H17N5O3S. The van der Waals surface area contributed by atoms with Crippen LogP contribution in [0.4, 0.5) is 5.13 Å². The molecular weight excluding hydrogens is 426 g/mol. The van der Waals surface area contributed by atoms with Gasteiger partial charge in [0.1, 0.15) is 5.82 Å². The number of imidazole rings is 1. The van der Waals surface area contributed by atoms with Crippen molar-refractivity contribution in [2.45, 2.75) is 13.0 Å². The van der Waals surface area contributed by atoms with Gasteiger partial charge in [0.2, 0.25) is 0 Å². The van der Waals surface area contributed by atoms with Crippen molar-refractivity contribution in [1.82, 2.24) is 19.9 Å². The molecule has 0 saturated heterocycles. The molecule has 2 N–H and O–H groups in total. The predicted octanol–water partition coefficient (Wildman–Crippen LogP) is 4.42. The predicted molar refractivity (Wildman–Crippen MR) is 122 cm³/mol. The summed E-state index contributed by atoms with van der Waals surface area (Å²) in [6.07, 6.45) is 2.41. The Hall–Kier alpha value is -4.11. The molecule has 0 aliphatic carbocycles. The van der Waals surface area contributed by atoms with Gasteiger partial charge in [-0.3, -0.25) is 15.1 Å². The third-order valence-electron chi connectivity index (χ3n) is 4.83. The number of esters is 1. The Morgan fingerprint density at radius 2 is 1.94 bits per heavy atom. The second-order valence-corrected chi connectivity index (χ2v) is 8.11. The highest BCUT2D eigenvalue weighted by Gasteiger charge is 2.21. The zero-order valence-electron chi connectivity index (χ0n) is 16.9. The van der Waals surface area contributed by atoms with Crippen LogP contribution in [-0.2, 0) is 9.53 Å². The molecule has 0 bridgehead atoms. The molecule has 158 valence electrons. The number of para-hydroxylation sites is 1. The number of carbonyl (C=O) groups is 2. The van der Waals surface area contributed by atoms with E-state index in [0.717, 1.165) is 15.8 Å². The molecule has 2 aromatic carbocycles. The molecule has 0 aliphatic heterocycles. The number of hydrogen-bond acceptors (Lipinski definition) is 7. The van der Waals surface area contributed by atoms with Gasteiger partial charge in [0.05, 0.1) is 26.8 Å². The molecule has 9 heteroatoms. The molecule has 5 aromatic rings. The van der Waals surface area contributed by atoms with Crippen molar-refractivity contribution in [3.05, 3.63) is 72.6 Å². The summed E-state index contributed by atoms with van der Waals surface area (Å²) in [6.45, 7) is 1.52. The number of pyridine rings is 1. The molecule has 8 nitrogen and oxygen atoms in total. The van der Waals surface area contributed by atoms with Crippen LogP contribution in [0.3, 0.4) is 0 Å². The number of fused-ring (bicyclic) bond motifs is 2. The van der Waals surface area contributed by atoms with Gasteiger partial charge in [-0.2, -0.15) is 0 Å². The van der Waals surface area contributed by atoms with Crippen LogP contribution in [0.25, 0.3) is 32.6 Å². The van der Waals surface area contributed by atoms with E-state index in [0.29, 0.717) is 27.6 Å². The van der Waals surface area contributed by atoms with Crippen LogP contribution in [0.2, 0.25) is 0 Å². The van der Waals surface area contributed by atoms with Crippen LogP contribution in [0.15, 0.2) is 67.0 Å². The maximum Gasteiger partial charge on any atom is 0.338 e. The van der Waals surface area contributed by atoms with Gasteiger partial charge in [0.15, 0.2) is 11.2 Å². The van der Waals surface area contributed by atoms with E-state index >= 15 is 0 Å². The van der Waals surface area contributed by atoms with Crippen LogP contribution < -0.4 is 5.32 Å². The second-order valence-electron chi connectivity index (χ2n) is 7.08. The average Bonchev–Trinajstić information content (AvgIpc) is 3.42. The average molecular weight is 443 g/mol. The fourth-order valence-electron chi connectivity index (χ4n) is 3.19. The zero-order chi connectivity index (χ0) is 22.1. The van der Waals surface area contributed by atoms with E-state index in [9.17, 15) is 9.59 Å². The standard InChI is InChI=1S/C23H17N5O3S/c1-13(21(29)28-23-27-17-6-2-3-7-19(17)32-23)31-22(30)14-8-9-16-18(11-14)26-20(25-16)15-5-4-10-24-12-15/h2-13H,1H3,(H,25,26)(H,27,28,29). The van der Waals surface area contributed by atoms with E-state index in [1.165, 1.54) is 18.3 Å². The smallest absolute Gasteiger partial charge is 0.338 e. The van der Waals surface area contributed by atoms with Crippen molar-refractivity contribution in [2.75, 3.05) is 5.32 Å². The number of ether oxygens (including phenoxy) is 1. The minimum Gasteiger partial charge on any atom is -0.449 e. The van der Waals surface area contributed by atoms with Crippen LogP contribution in [0.1, 0.15) is 17.3 Å². The number of nitrogens with one attached hydrogen (secondary N) is 2. The number of hydrogen-bond donors (Lipinski definition) is 2. The largest absolute Gasteiger partial charge is 0.449 e. The van der Waals surface area contributed by atoms with Gasteiger partial charge >= 0.3 is 5.97 Å². The summed E-state index contributed by atoms with van der Waals surface area (Å²) < 4.78 is 6.33. The van der Waals surface area contributed by atoms with E-state index in [4.69, 9.17) is 4.74 Å². The lowest BCUT2D eigenvalue weighted by Gasteiger charge is -2.12. The summed E-state index contributed by atoms with van der Waals surface area (Å²) in [5.74, 6) is -0.391. The maximum atomic E-state index is 12.6. The van der Waals surface area contributed by atoms with Crippen molar-refractivity contribution in [2.24, 2.45) is 0 Å². The molecule has 1 atom stereocenters. The number of rotatable bonds is 5. The maximum absolute atomic E-state index is 12.6. The van der Waals surface area contributed by atoms with Crippen LogP contribution >= 0.6 is 11.3 Å². The summed E-state index contributed by atoms with van der Waals surface area (Å²) in [6, 6.07) is 16.3. The number of thiazole rings is 1. The fraction of sp³-hybridized carbons (Fsp3) is 0.0870. The van der Waals surface area contributed by atoms with Crippen molar-refractivity contribution < 1.29 is 14.3 Å². The lowest BCUT2D eigenvalue weighted by Crippen LogP contribution is -2.29.